The Labute approximate surface area is 773 Å². The summed E-state index contributed by atoms with van der Waals surface area (Å²) in [5, 5.41) is 10.7. The van der Waals surface area contributed by atoms with E-state index in [1.807, 2.05) is 36.4 Å². The van der Waals surface area contributed by atoms with Gasteiger partial charge in [0.2, 0.25) is 0 Å². The zero-order valence-electron chi connectivity index (χ0n) is 83.8. The molecule has 0 spiro atoms. The standard InChI is InChI=1S/C120H95BN4O2S2/c1-68-50-56-95-84(58-68)85-59-69(2)51-57-96(85)122(95)73-52-54-92-99(66-73)124(114-87(76-35-25-44-103-109(76)80-31-16-21-42-101(80)126-103)60-70(117(3,4)5)61-88(114)77-36-26-45-104-110(77)81-32-17-22-43-102(81)127-104)97-40-29-41-98-113(97)121(92)93-55-53-74(123-94-39-20-15-30-75(94)86-64-72(119(9,10)11)65-91(116(86)123)120(12,13)14)67-100(93)125(98)115-89(78-37-27-48-107-111(78)82-33-18-23-46-105(82)128-107)62-71(118(6,7)8)63-90(115)79-38-28-49-108-112(79)83-34-19-24-47-106(83)129-108/h15-67H,1-14H3/i1D3,2D3,18D,23D,33D,46D. The van der Waals surface area contributed by atoms with Gasteiger partial charge in [0.1, 0.15) is 22.3 Å². The second-order valence-electron chi connectivity index (χ2n) is 39.5. The molecule has 2 aliphatic heterocycles. The Balaban J connectivity index is 0.890. The third kappa shape index (κ3) is 11.6. The van der Waals surface area contributed by atoms with E-state index in [4.69, 9.17) is 17.1 Å². The van der Waals surface area contributed by atoms with Crippen LogP contribution in [0.3, 0.4) is 0 Å². The number of nitrogens with zero attached hydrogens (tertiary/aromatic N) is 4. The molecule has 0 saturated carbocycles. The smallest absolute Gasteiger partial charge is 0.252 e. The number of para-hydroxylation sites is 3. The van der Waals surface area contributed by atoms with E-state index < -0.39 is 31.2 Å². The van der Waals surface area contributed by atoms with Gasteiger partial charge in [-0.2, -0.15) is 0 Å². The summed E-state index contributed by atoms with van der Waals surface area (Å²) in [4.78, 5) is 5.14. The topological polar surface area (TPSA) is 42.6 Å². The Morgan fingerprint density at radius 1 is 0.302 bits per heavy atom. The number of rotatable bonds is 8. The van der Waals surface area contributed by atoms with Crippen LogP contribution in [0, 0.1) is 13.7 Å². The molecule has 129 heavy (non-hydrogen) atoms. The van der Waals surface area contributed by atoms with E-state index >= 15 is 0 Å². The molecule has 0 radical (unpaired) electrons. The van der Waals surface area contributed by atoms with Crippen molar-refractivity contribution in [1.29, 1.82) is 0 Å². The highest BCUT2D eigenvalue weighted by molar-refractivity contribution is 7.26. The van der Waals surface area contributed by atoms with Crippen molar-refractivity contribution in [3.05, 3.63) is 355 Å². The molecule has 2 aliphatic rings. The van der Waals surface area contributed by atoms with Gasteiger partial charge in [-0.15, -0.1) is 22.7 Å². The maximum absolute atomic E-state index is 10.2. The summed E-state index contributed by atoms with van der Waals surface area (Å²) in [5.74, 6) is 0. The Kier molecular flexibility index (Phi) is 14.5. The SMILES string of the molecule is [2H]c1c([2H])c([2H])c2c(sc3cccc(-c4cc(C(C)(C)C)cc(-c5cccc6sc7ccccc7c56)c4N4c5cc(-n6c7ccccc7c7cc(C(C)(C)C)cc(C(C)(C)C)c76)ccc5B5c6ccc(-n7c8ccc(C([2H])([2H])[2H])cc8c8cc(C([2H])([2H])[2H])ccc87)cc6N(c6c(-c7cccc8oc9ccccc9c78)cc(C(C)(C)C)cc6-c6cccc7oc8ccccc8c67)c6cccc4c65)c32)c1[2H]. The number of aromatic nitrogens is 2. The molecule has 6 aromatic heterocycles. The summed E-state index contributed by atoms with van der Waals surface area (Å²) < 4.78 is 114. The molecule has 0 N–H and O–H groups in total. The molecular formula is C120H95BN4O2S2. The first-order valence-corrected chi connectivity index (χ1v) is 46.3. The molecule has 0 amide bonds. The highest BCUT2D eigenvalue weighted by Crippen LogP contribution is 2.59. The summed E-state index contributed by atoms with van der Waals surface area (Å²) in [6.07, 6.45) is 0. The summed E-state index contributed by atoms with van der Waals surface area (Å²) >= 11 is 3.18. The van der Waals surface area contributed by atoms with Crippen LogP contribution in [-0.4, -0.2) is 15.8 Å². The fraction of sp³-hybridized carbons (Fsp3) is 0.150. The molecule has 6 nitrogen and oxygen atoms in total. The minimum atomic E-state index is -2.50. The summed E-state index contributed by atoms with van der Waals surface area (Å²) in [6.45, 7) is 22.0. The number of fused-ring (bicyclic) bond motifs is 22. The minimum absolute atomic E-state index is 0.0811. The molecule has 0 fully saturated rings. The van der Waals surface area contributed by atoms with Gasteiger partial charge in [-0.1, -0.05) is 270 Å². The van der Waals surface area contributed by atoms with E-state index in [2.05, 4.69) is 339 Å². The molecule has 0 atom stereocenters. The van der Waals surface area contributed by atoms with Crippen molar-refractivity contribution in [2.45, 2.75) is 118 Å². The quantitative estimate of drug-likeness (QED) is 0.142. The molecule has 0 aliphatic carbocycles. The van der Waals surface area contributed by atoms with E-state index in [1.54, 1.807) is 35.6 Å². The summed E-state index contributed by atoms with van der Waals surface area (Å²) in [5.41, 5.74) is 27.0. The lowest BCUT2D eigenvalue weighted by molar-refractivity contribution is 0.572. The van der Waals surface area contributed by atoms with Gasteiger partial charge in [0.15, 0.2) is 0 Å². The van der Waals surface area contributed by atoms with Gasteiger partial charge < -0.3 is 27.8 Å². The van der Waals surface area contributed by atoms with Crippen molar-refractivity contribution in [1.82, 2.24) is 9.13 Å². The molecule has 0 saturated heterocycles. The summed E-state index contributed by atoms with van der Waals surface area (Å²) in [6, 6.07) is 105. The predicted molar refractivity (Wildman–Crippen MR) is 555 cm³/mol. The zero-order valence-corrected chi connectivity index (χ0v) is 75.4. The minimum Gasteiger partial charge on any atom is -0.456 e. The third-order valence-corrected chi connectivity index (χ3v) is 29.8. The lowest BCUT2D eigenvalue weighted by Crippen LogP contribution is -2.61. The first kappa shape index (κ1) is 67.4. The Hall–Kier alpha value is -14.0. The van der Waals surface area contributed by atoms with Gasteiger partial charge in [-0.3, -0.25) is 0 Å². The van der Waals surface area contributed by atoms with Crippen LogP contribution in [0.2, 0.25) is 0 Å². The van der Waals surface area contributed by atoms with Gasteiger partial charge in [0.25, 0.3) is 6.71 Å². The molecule has 0 bridgehead atoms. The van der Waals surface area contributed by atoms with Gasteiger partial charge >= 0.3 is 0 Å². The molecule has 8 heterocycles. The third-order valence-electron chi connectivity index (χ3n) is 27.6. The van der Waals surface area contributed by atoms with E-state index in [9.17, 15) is 5.48 Å². The maximum Gasteiger partial charge on any atom is 0.252 e. The van der Waals surface area contributed by atoms with E-state index in [0.717, 1.165) is 213 Å². The van der Waals surface area contributed by atoms with Crippen molar-refractivity contribution in [2.75, 3.05) is 9.80 Å². The largest absolute Gasteiger partial charge is 0.456 e. The van der Waals surface area contributed by atoms with Crippen LogP contribution in [0.4, 0.5) is 34.1 Å². The number of hydrogen-bond acceptors (Lipinski definition) is 6. The van der Waals surface area contributed by atoms with Crippen LogP contribution < -0.4 is 26.2 Å². The van der Waals surface area contributed by atoms with Crippen LogP contribution in [-0.2, 0) is 21.7 Å². The molecule has 23 aromatic rings. The fourth-order valence-electron chi connectivity index (χ4n) is 21.5. The maximum atomic E-state index is 10.2. The van der Waals surface area contributed by atoms with Crippen molar-refractivity contribution >= 4 is 208 Å². The van der Waals surface area contributed by atoms with Gasteiger partial charge in [0, 0.05) is 148 Å². The Bertz CT molecular complexity index is 9130. The zero-order chi connectivity index (χ0) is 96.0. The second-order valence-corrected chi connectivity index (χ2v) is 41.7. The Morgan fingerprint density at radius 3 is 1.26 bits per heavy atom. The van der Waals surface area contributed by atoms with Crippen molar-refractivity contribution in [3.63, 3.8) is 0 Å². The van der Waals surface area contributed by atoms with Gasteiger partial charge in [-0.25, -0.2) is 0 Å². The fourth-order valence-corrected chi connectivity index (χ4v) is 23.7. The molecule has 9 heteroatoms. The molecule has 25 rings (SSSR count). The molecule has 622 valence electrons. The van der Waals surface area contributed by atoms with Gasteiger partial charge in [-0.05, 0) is 242 Å². The molecular weight excluding hydrogens is 1600 g/mol. The number of thiophene rings is 2. The predicted octanol–water partition coefficient (Wildman–Crippen LogP) is 33.0. The molecule has 17 aromatic carbocycles. The number of furan rings is 2. The normalized spacial score (nSPS) is 14.6. The van der Waals surface area contributed by atoms with Crippen molar-refractivity contribution in [2.24, 2.45) is 0 Å². The van der Waals surface area contributed by atoms with Crippen LogP contribution in [0.25, 0.3) is 184 Å². The number of anilines is 6. The number of aryl methyl sites for hydroxylation is 2. The first-order valence-electron chi connectivity index (χ1n) is 49.6. The van der Waals surface area contributed by atoms with E-state index in [-0.39, 0.29) is 46.1 Å². The molecule has 0 unspecified atom stereocenters. The van der Waals surface area contributed by atoms with Crippen LogP contribution in [0.5, 0.6) is 0 Å². The van der Waals surface area contributed by atoms with Crippen LogP contribution >= 0.6 is 22.7 Å². The monoisotopic (exact) mass is 1710 g/mol. The lowest BCUT2D eigenvalue weighted by Gasteiger charge is -2.46. The highest BCUT2D eigenvalue weighted by atomic mass is 32.1. The number of benzene rings is 17. The first-order chi connectivity index (χ1) is 66.4. The number of hydrogen-bond donors (Lipinski definition) is 0. The van der Waals surface area contributed by atoms with Crippen LogP contribution in [0.1, 0.15) is 130 Å². The van der Waals surface area contributed by atoms with Crippen LogP contribution in [0.15, 0.2) is 330 Å². The average Bonchev–Trinajstić information content (AvgIpc) is 1.67. The van der Waals surface area contributed by atoms with E-state index in [1.165, 1.54) is 22.5 Å². The second kappa shape index (κ2) is 27.8. The Morgan fingerprint density at radius 2 is 0.729 bits per heavy atom. The van der Waals surface area contributed by atoms with Gasteiger partial charge in [0.05, 0.1) is 38.9 Å². The van der Waals surface area contributed by atoms with Crippen molar-refractivity contribution < 1.29 is 22.5 Å². The average molecular weight is 1710 g/mol. The highest BCUT2D eigenvalue weighted by Gasteiger charge is 2.47. The summed E-state index contributed by atoms with van der Waals surface area (Å²) in [7, 11) is 0. The van der Waals surface area contributed by atoms with Crippen molar-refractivity contribution in [3.8, 4) is 55.9 Å². The van der Waals surface area contributed by atoms with E-state index in [0.29, 0.717) is 31.9 Å². The lowest BCUT2D eigenvalue weighted by atomic mass is 9.33.